The lowest BCUT2D eigenvalue weighted by atomic mass is 10.1. The predicted octanol–water partition coefficient (Wildman–Crippen LogP) is 2.19. The smallest absolute Gasteiger partial charge is 0.423 e. The van der Waals surface area contributed by atoms with E-state index in [4.69, 9.17) is 5.11 Å². The van der Waals surface area contributed by atoms with Crippen molar-refractivity contribution in [3.8, 4) is 0 Å². The quantitative estimate of drug-likeness (QED) is 0.503. The third-order valence-electron chi connectivity index (χ3n) is 2.14. The molecule has 112 valence electrons. The van der Waals surface area contributed by atoms with E-state index in [-0.39, 0.29) is 5.69 Å². The van der Waals surface area contributed by atoms with Gasteiger partial charge in [-0.25, -0.2) is 4.79 Å². The van der Waals surface area contributed by atoms with E-state index in [0.717, 1.165) is 6.07 Å². The molecule has 2 N–H and O–H groups in total. The van der Waals surface area contributed by atoms with Crippen molar-refractivity contribution in [2.45, 2.75) is 6.18 Å². The SMILES string of the molecule is O=C(O)/C=C\C(=O)Nc1ccc([N+](=O)[O-])c(C(F)(F)F)c1. The number of anilines is 1. The lowest BCUT2D eigenvalue weighted by molar-refractivity contribution is -0.388. The van der Waals surface area contributed by atoms with Crippen LogP contribution in [0.15, 0.2) is 30.4 Å². The van der Waals surface area contributed by atoms with Gasteiger partial charge in [-0.15, -0.1) is 0 Å². The summed E-state index contributed by atoms with van der Waals surface area (Å²) in [5.74, 6) is -2.40. The molecule has 7 nitrogen and oxygen atoms in total. The molecule has 0 aliphatic carbocycles. The molecule has 0 radical (unpaired) electrons. The molecule has 10 heteroatoms. The minimum Gasteiger partial charge on any atom is -0.478 e. The van der Waals surface area contributed by atoms with Gasteiger partial charge in [0.1, 0.15) is 5.56 Å². The second-order valence-electron chi connectivity index (χ2n) is 3.65. The van der Waals surface area contributed by atoms with Gasteiger partial charge in [-0.05, 0) is 12.1 Å². The number of carboxylic acids is 1. The highest BCUT2D eigenvalue weighted by molar-refractivity contribution is 6.02. The Bertz CT molecular complexity index is 625. The molecule has 0 fully saturated rings. The second kappa shape index (κ2) is 6.03. The maximum Gasteiger partial charge on any atom is 0.423 e. The molecule has 1 rings (SSSR count). The summed E-state index contributed by atoms with van der Waals surface area (Å²) in [7, 11) is 0. The first kappa shape index (κ1) is 16.1. The van der Waals surface area contributed by atoms with Gasteiger partial charge in [-0.1, -0.05) is 0 Å². The summed E-state index contributed by atoms with van der Waals surface area (Å²) >= 11 is 0. The van der Waals surface area contributed by atoms with Crippen molar-refractivity contribution in [1.82, 2.24) is 0 Å². The zero-order valence-electron chi connectivity index (χ0n) is 10.0. The van der Waals surface area contributed by atoms with Gasteiger partial charge in [0, 0.05) is 23.9 Å². The molecule has 1 aromatic rings. The van der Waals surface area contributed by atoms with Gasteiger partial charge in [-0.2, -0.15) is 13.2 Å². The van der Waals surface area contributed by atoms with Crippen molar-refractivity contribution in [2.75, 3.05) is 5.32 Å². The molecule has 0 heterocycles. The molecule has 0 aliphatic heterocycles. The first-order chi connectivity index (χ1) is 9.61. The van der Waals surface area contributed by atoms with E-state index in [0.29, 0.717) is 24.3 Å². The molecule has 1 aromatic carbocycles. The first-order valence-electron chi connectivity index (χ1n) is 5.19. The number of nitrogens with zero attached hydrogens (tertiary/aromatic N) is 1. The maximum absolute atomic E-state index is 12.7. The topological polar surface area (TPSA) is 110 Å². The van der Waals surface area contributed by atoms with E-state index in [1.54, 1.807) is 0 Å². The lowest BCUT2D eigenvalue weighted by Gasteiger charge is -2.09. The van der Waals surface area contributed by atoms with Gasteiger partial charge < -0.3 is 10.4 Å². The largest absolute Gasteiger partial charge is 0.478 e. The van der Waals surface area contributed by atoms with Crippen molar-refractivity contribution >= 4 is 23.3 Å². The number of benzene rings is 1. The van der Waals surface area contributed by atoms with E-state index in [9.17, 15) is 32.9 Å². The Labute approximate surface area is 114 Å². The first-order valence-corrected chi connectivity index (χ1v) is 5.19. The van der Waals surface area contributed by atoms with E-state index in [2.05, 4.69) is 0 Å². The van der Waals surface area contributed by atoms with Crippen molar-refractivity contribution in [3.05, 3.63) is 46.0 Å². The fourth-order valence-electron chi connectivity index (χ4n) is 1.33. The van der Waals surface area contributed by atoms with Crippen LogP contribution < -0.4 is 5.32 Å². The number of carbonyl (C=O) groups excluding carboxylic acids is 1. The zero-order valence-corrected chi connectivity index (χ0v) is 10.0. The highest BCUT2D eigenvalue weighted by atomic mass is 19.4. The average Bonchev–Trinajstić information content (AvgIpc) is 2.35. The molecule has 0 aliphatic rings. The number of carbonyl (C=O) groups is 2. The molecule has 0 atom stereocenters. The maximum atomic E-state index is 12.7. The summed E-state index contributed by atoms with van der Waals surface area (Å²) in [5, 5.41) is 20.8. The Hall–Kier alpha value is -2.91. The van der Waals surface area contributed by atoms with Gasteiger partial charge in [-0.3, -0.25) is 14.9 Å². The van der Waals surface area contributed by atoms with Crippen molar-refractivity contribution in [2.24, 2.45) is 0 Å². The van der Waals surface area contributed by atoms with Gasteiger partial charge >= 0.3 is 12.1 Å². The molecule has 0 spiro atoms. The van der Waals surface area contributed by atoms with E-state index < -0.39 is 34.2 Å². The second-order valence-corrected chi connectivity index (χ2v) is 3.65. The number of alkyl halides is 3. The molecule has 0 unspecified atom stereocenters. The van der Waals surface area contributed by atoms with Gasteiger partial charge in [0.2, 0.25) is 5.91 Å². The molecular formula is C11H7F3N2O5. The number of amides is 1. The molecule has 1 amide bonds. The number of carboxylic acid groups (broad SMARTS) is 1. The Morgan fingerprint density at radius 1 is 1.29 bits per heavy atom. The van der Waals surface area contributed by atoms with Crippen LogP contribution in [0.5, 0.6) is 0 Å². The van der Waals surface area contributed by atoms with Gasteiger partial charge in [0.15, 0.2) is 0 Å². The normalized spacial score (nSPS) is 11.4. The average molecular weight is 304 g/mol. The Morgan fingerprint density at radius 3 is 2.38 bits per heavy atom. The van der Waals surface area contributed by atoms with E-state index in [1.165, 1.54) is 0 Å². The minimum absolute atomic E-state index is 0.354. The van der Waals surface area contributed by atoms with Gasteiger partial charge in [0.25, 0.3) is 5.69 Å². The Morgan fingerprint density at radius 2 is 1.90 bits per heavy atom. The highest BCUT2D eigenvalue weighted by Crippen LogP contribution is 2.37. The number of nitrogens with one attached hydrogen (secondary N) is 1. The van der Waals surface area contributed by atoms with Crippen LogP contribution in [0.25, 0.3) is 0 Å². The highest BCUT2D eigenvalue weighted by Gasteiger charge is 2.38. The standard InChI is InChI=1S/C11H7F3N2O5/c12-11(13,14)7-5-6(1-2-8(7)16(20)21)15-9(17)3-4-10(18)19/h1-5H,(H,15,17)(H,18,19)/b4-3-. The van der Waals surface area contributed by atoms with Crippen molar-refractivity contribution in [3.63, 3.8) is 0 Å². The third-order valence-corrected chi connectivity index (χ3v) is 2.14. The van der Waals surface area contributed by atoms with E-state index in [1.807, 2.05) is 5.32 Å². The number of hydrogen-bond acceptors (Lipinski definition) is 4. The van der Waals surface area contributed by atoms with Gasteiger partial charge in [0.05, 0.1) is 4.92 Å². The molecule has 0 saturated heterocycles. The summed E-state index contributed by atoms with van der Waals surface area (Å²) in [6.07, 6.45) is -3.89. The van der Waals surface area contributed by atoms with Crippen molar-refractivity contribution in [1.29, 1.82) is 0 Å². The fourth-order valence-corrected chi connectivity index (χ4v) is 1.33. The van der Waals surface area contributed by atoms with Crippen LogP contribution in [0, 0.1) is 10.1 Å². The monoisotopic (exact) mass is 304 g/mol. The predicted molar refractivity (Wildman–Crippen MR) is 63.5 cm³/mol. The summed E-state index contributed by atoms with van der Waals surface area (Å²) < 4.78 is 38.0. The number of hydrogen-bond donors (Lipinski definition) is 2. The number of aliphatic carboxylic acids is 1. The molecule has 0 aromatic heterocycles. The zero-order chi connectivity index (χ0) is 16.2. The third kappa shape index (κ3) is 4.60. The molecule has 0 bridgehead atoms. The van der Waals surface area contributed by atoms with E-state index >= 15 is 0 Å². The lowest BCUT2D eigenvalue weighted by Crippen LogP contribution is -2.12. The number of rotatable bonds is 4. The van der Waals surface area contributed by atoms with Crippen LogP contribution in [-0.2, 0) is 15.8 Å². The Balaban J connectivity index is 3.09. The van der Waals surface area contributed by atoms with Crippen LogP contribution in [0.1, 0.15) is 5.56 Å². The summed E-state index contributed by atoms with van der Waals surface area (Å²) in [4.78, 5) is 30.7. The molecule has 0 saturated carbocycles. The minimum atomic E-state index is -4.97. The number of nitro groups is 1. The van der Waals surface area contributed by atoms with Crippen LogP contribution in [0.4, 0.5) is 24.5 Å². The summed E-state index contributed by atoms with van der Waals surface area (Å²) in [5.41, 5.74) is -3.03. The Kier molecular flexibility index (Phi) is 4.64. The summed E-state index contributed by atoms with van der Waals surface area (Å²) in [6, 6.07) is 1.89. The van der Waals surface area contributed by atoms with Crippen LogP contribution in [0.3, 0.4) is 0 Å². The van der Waals surface area contributed by atoms with Crippen LogP contribution in [0.2, 0.25) is 0 Å². The molecule has 21 heavy (non-hydrogen) atoms. The van der Waals surface area contributed by atoms with Crippen molar-refractivity contribution < 1.29 is 32.8 Å². The number of halogens is 3. The van der Waals surface area contributed by atoms with Crippen LogP contribution in [-0.4, -0.2) is 21.9 Å². The number of nitro benzene ring substituents is 1. The molecular weight excluding hydrogens is 297 g/mol. The van der Waals surface area contributed by atoms with Crippen LogP contribution >= 0.6 is 0 Å². The fraction of sp³-hybridized carbons (Fsp3) is 0.0909. The summed E-state index contributed by atoms with van der Waals surface area (Å²) in [6.45, 7) is 0.